The average Bonchev–Trinajstić information content (AvgIpc) is 4.20. The Morgan fingerprint density at radius 2 is 0.600 bits per heavy atom. The topological polar surface area (TPSA) is 232 Å². The van der Waals surface area contributed by atoms with Crippen LogP contribution in [0.25, 0.3) is 0 Å². The summed E-state index contributed by atoms with van der Waals surface area (Å²) in [6.07, 6.45) is 1.83. The first-order chi connectivity index (χ1) is 35.7. The van der Waals surface area contributed by atoms with Crippen LogP contribution in [0.1, 0.15) is 163 Å². The lowest BCUT2D eigenvalue weighted by molar-refractivity contribution is -0.275. The van der Waals surface area contributed by atoms with E-state index in [0.29, 0.717) is 17.7 Å². The molecule has 3 aromatic carbocycles. The first-order valence-corrected chi connectivity index (χ1v) is 23.7. The van der Waals surface area contributed by atoms with E-state index in [1.54, 1.807) is 0 Å². The summed E-state index contributed by atoms with van der Waals surface area (Å²) in [4.78, 5) is 36.3. The van der Waals surface area contributed by atoms with Crippen molar-refractivity contribution in [2.24, 2.45) is 0 Å². The number of halogens is 9. The van der Waals surface area contributed by atoms with Gasteiger partial charge < -0.3 is 27.5 Å². The Morgan fingerprint density at radius 3 is 0.840 bits per heavy atom. The lowest BCUT2D eigenvalue weighted by Crippen LogP contribution is -2.17. The molecule has 0 unspecified atom stereocenters. The van der Waals surface area contributed by atoms with E-state index in [0.717, 1.165) is 113 Å². The van der Waals surface area contributed by atoms with E-state index in [-0.39, 0.29) is 52.5 Å². The highest BCUT2D eigenvalue weighted by molar-refractivity contribution is 6.04. The predicted octanol–water partition coefficient (Wildman–Crippen LogP) is 12.8. The molecule has 3 fully saturated rings. The van der Waals surface area contributed by atoms with Crippen molar-refractivity contribution in [2.75, 3.05) is 16.0 Å². The zero-order valence-corrected chi connectivity index (χ0v) is 39.5. The molecule has 3 aromatic heterocycles. The van der Waals surface area contributed by atoms with Gasteiger partial charge >= 0.3 is 37.1 Å². The van der Waals surface area contributed by atoms with E-state index in [4.69, 9.17) is 13.3 Å². The molecule has 0 bridgehead atoms. The summed E-state index contributed by atoms with van der Waals surface area (Å²) in [5, 5.41) is 30.6. The molecule has 3 N–H and O–H groups in total. The monoisotopic (exact) mass is 1070 g/mol. The highest BCUT2D eigenvalue weighted by Crippen LogP contribution is 2.35. The third-order valence-corrected chi connectivity index (χ3v) is 11.9. The largest absolute Gasteiger partial charge is 0.573 e. The van der Waals surface area contributed by atoms with Crippen LogP contribution in [-0.4, -0.2) is 67.4 Å². The maximum absolute atomic E-state index is 12.1. The van der Waals surface area contributed by atoms with Crippen LogP contribution in [-0.2, 0) is 0 Å². The van der Waals surface area contributed by atoms with Crippen LogP contribution in [0, 0.1) is 0 Å². The standard InChI is InChI=1S/C17H18F3N3O3.C16H16F3N3O3.C15H14F3N3O3/c18-17(19,20)26-13-9-7-11(8-10-13)14(24)21-16-23-22-15(25-16)12-5-3-1-2-4-6-12;17-16(18,19)25-12-8-6-10(7-9-12)13(23)20-15-22-21-14(24-15)11-4-2-1-3-5-11;16-15(17,18)24-11-7-5-9(6-8-11)12(22)19-14-21-20-13(23-14)10-3-1-2-4-10/h7-10,12H,1-6H2,(H,21,23,24);6-9,11H,1-5H2,(H,20,22,23);5-8,10H,1-4H2,(H,19,21,22). The molecule has 402 valence electrons. The molecule has 0 spiro atoms. The number of carbonyl (C=O) groups excluding carboxylic acids is 3. The van der Waals surface area contributed by atoms with Gasteiger partial charge in [-0.3, -0.25) is 30.3 Å². The van der Waals surface area contributed by atoms with E-state index >= 15 is 0 Å². The molecule has 0 atom stereocenters. The molecule has 3 aliphatic rings. The highest BCUT2D eigenvalue weighted by atomic mass is 19.4. The fourth-order valence-electron chi connectivity index (χ4n) is 8.33. The summed E-state index contributed by atoms with van der Waals surface area (Å²) < 4.78 is 137. The zero-order chi connectivity index (χ0) is 53.6. The summed E-state index contributed by atoms with van der Waals surface area (Å²) in [6, 6.07) is 13.6. The third-order valence-electron chi connectivity index (χ3n) is 11.9. The Kier molecular flexibility index (Phi) is 18.3. The molecule has 75 heavy (non-hydrogen) atoms. The summed E-state index contributed by atoms with van der Waals surface area (Å²) >= 11 is 0. The van der Waals surface area contributed by atoms with Crippen LogP contribution < -0.4 is 30.2 Å². The van der Waals surface area contributed by atoms with E-state index in [1.807, 2.05) is 0 Å². The molecule has 6 aromatic rings. The highest BCUT2D eigenvalue weighted by Gasteiger charge is 2.33. The fourth-order valence-corrected chi connectivity index (χ4v) is 8.33. The number of hydrogen-bond acceptors (Lipinski definition) is 15. The van der Waals surface area contributed by atoms with Gasteiger partial charge in [-0.1, -0.05) is 73.1 Å². The minimum atomic E-state index is -4.78. The molecule has 9 rings (SSSR count). The van der Waals surface area contributed by atoms with Crippen LogP contribution in [0.4, 0.5) is 57.6 Å². The van der Waals surface area contributed by atoms with E-state index < -0.39 is 54.1 Å². The molecule has 0 aliphatic heterocycles. The van der Waals surface area contributed by atoms with Crippen molar-refractivity contribution < 1.29 is 81.4 Å². The van der Waals surface area contributed by atoms with Crippen LogP contribution in [0.3, 0.4) is 0 Å². The average molecular weight is 1070 g/mol. The third kappa shape index (κ3) is 17.7. The van der Waals surface area contributed by atoms with Gasteiger partial charge in [0.05, 0.1) is 0 Å². The molecule has 3 saturated carbocycles. The second-order valence-electron chi connectivity index (χ2n) is 17.4. The smallest absolute Gasteiger partial charge is 0.408 e. The molecule has 0 radical (unpaired) electrons. The molecule has 3 amide bonds. The maximum Gasteiger partial charge on any atom is 0.573 e. The number of benzene rings is 3. The van der Waals surface area contributed by atoms with Crippen LogP contribution >= 0.6 is 0 Å². The number of ether oxygens (including phenoxy) is 3. The Hall–Kier alpha value is -7.74. The van der Waals surface area contributed by atoms with E-state index in [2.05, 4.69) is 60.8 Å². The first-order valence-electron chi connectivity index (χ1n) is 23.7. The van der Waals surface area contributed by atoms with Crippen LogP contribution in [0.5, 0.6) is 17.2 Å². The summed E-state index contributed by atoms with van der Waals surface area (Å²) in [6.45, 7) is 0. The normalized spacial score (nSPS) is 15.8. The van der Waals surface area contributed by atoms with E-state index in [1.165, 1.54) is 55.7 Å². The first kappa shape index (κ1) is 55.0. The van der Waals surface area contributed by atoms with Gasteiger partial charge in [0.15, 0.2) is 0 Å². The lowest BCUT2D eigenvalue weighted by atomic mass is 9.89. The Morgan fingerprint density at radius 1 is 0.373 bits per heavy atom. The van der Waals surface area contributed by atoms with Crippen molar-refractivity contribution >= 4 is 35.8 Å². The number of anilines is 3. The second kappa shape index (κ2) is 25.0. The number of carbonyl (C=O) groups is 3. The van der Waals surface area contributed by atoms with Crippen molar-refractivity contribution in [1.29, 1.82) is 0 Å². The van der Waals surface area contributed by atoms with Gasteiger partial charge in [-0.05, 0) is 111 Å². The lowest BCUT2D eigenvalue weighted by Gasteiger charge is -2.17. The number of amides is 3. The van der Waals surface area contributed by atoms with Gasteiger partial charge in [-0.2, -0.15) is 0 Å². The predicted molar refractivity (Wildman–Crippen MR) is 244 cm³/mol. The summed E-state index contributed by atoms with van der Waals surface area (Å²) in [5.74, 6) is -0.727. The van der Waals surface area contributed by atoms with Gasteiger partial charge in [0.25, 0.3) is 17.7 Å². The quantitative estimate of drug-likeness (QED) is 0.0764. The van der Waals surface area contributed by atoms with E-state index in [9.17, 15) is 53.9 Å². The molecule has 3 heterocycles. The van der Waals surface area contributed by atoms with Crippen molar-refractivity contribution in [2.45, 2.75) is 133 Å². The second-order valence-corrected chi connectivity index (χ2v) is 17.4. The Bertz CT molecular complexity index is 2760. The fraction of sp³-hybridized carbons (Fsp3) is 0.438. The van der Waals surface area contributed by atoms with Crippen molar-refractivity contribution in [3.8, 4) is 17.2 Å². The van der Waals surface area contributed by atoms with Crippen molar-refractivity contribution in [3.63, 3.8) is 0 Å². The van der Waals surface area contributed by atoms with Crippen molar-refractivity contribution in [3.05, 3.63) is 107 Å². The molecule has 18 nitrogen and oxygen atoms in total. The number of alkyl halides is 9. The molecule has 3 aliphatic carbocycles. The Labute approximate surface area is 420 Å². The SMILES string of the molecule is O=C(Nc1nnc(C2CCCC2)o1)c1ccc(OC(F)(F)F)cc1.O=C(Nc1nnc(C2CCCCC2)o1)c1ccc(OC(F)(F)F)cc1.O=C(Nc1nnc(C2CCCCCC2)o1)c1ccc(OC(F)(F)F)cc1. The van der Waals surface area contributed by atoms with Gasteiger partial charge in [-0.25, -0.2) is 0 Å². The number of nitrogens with one attached hydrogen (secondary N) is 3. The summed E-state index contributed by atoms with van der Waals surface area (Å²) in [7, 11) is 0. The van der Waals surface area contributed by atoms with Crippen molar-refractivity contribution in [1.82, 2.24) is 30.6 Å². The number of rotatable bonds is 12. The molecule has 27 heteroatoms. The summed E-state index contributed by atoms with van der Waals surface area (Å²) in [5.41, 5.74) is 0.436. The molecular formula is C48H48F9N9O9. The molecule has 0 saturated heterocycles. The maximum atomic E-state index is 12.1. The van der Waals surface area contributed by atoms with Crippen LogP contribution in [0.15, 0.2) is 86.0 Å². The van der Waals surface area contributed by atoms with Gasteiger partial charge in [0.2, 0.25) is 17.7 Å². The number of hydrogen-bond donors (Lipinski definition) is 3. The number of nitrogens with zero attached hydrogens (tertiary/aromatic N) is 6. The molecular weight excluding hydrogens is 1020 g/mol. The van der Waals surface area contributed by atoms with Crippen LogP contribution in [0.2, 0.25) is 0 Å². The number of aromatic nitrogens is 6. The minimum Gasteiger partial charge on any atom is -0.408 e. The van der Waals surface area contributed by atoms with Gasteiger partial charge in [0.1, 0.15) is 17.2 Å². The zero-order valence-electron chi connectivity index (χ0n) is 39.5. The van der Waals surface area contributed by atoms with Gasteiger partial charge in [0, 0.05) is 34.4 Å². The minimum absolute atomic E-state index is 0.0233. The Balaban J connectivity index is 0.000000164. The van der Waals surface area contributed by atoms with Gasteiger partial charge in [-0.15, -0.1) is 54.8 Å².